The van der Waals surface area contributed by atoms with E-state index in [1.165, 1.54) is 54.4 Å². The van der Waals surface area contributed by atoms with Gasteiger partial charge in [-0.3, -0.25) is 24.5 Å². The Balaban J connectivity index is 1.71. The first kappa shape index (κ1) is 37.5. The third-order valence-corrected chi connectivity index (χ3v) is 8.96. The van der Waals surface area contributed by atoms with Crippen molar-refractivity contribution in [3.05, 3.63) is 177 Å². The molecule has 0 saturated carbocycles. The largest absolute Gasteiger partial charge is 0.504 e. The number of amides is 3. The minimum atomic E-state index is -1.43. The van der Waals surface area contributed by atoms with E-state index in [-0.39, 0.29) is 42.5 Å². The maximum Gasteiger partial charge on any atom is 0.270 e. The number of nitro benzene ring substituents is 1. The van der Waals surface area contributed by atoms with Gasteiger partial charge < -0.3 is 25.7 Å². The van der Waals surface area contributed by atoms with E-state index in [0.717, 1.165) is 0 Å². The minimum absolute atomic E-state index is 0.0594. The van der Waals surface area contributed by atoms with Gasteiger partial charge in [-0.25, -0.2) is 0 Å². The van der Waals surface area contributed by atoms with Crippen molar-refractivity contribution < 1.29 is 29.5 Å². The van der Waals surface area contributed by atoms with Crippen LogP contribution in [0.15, 0.2) is 140 Å². The van der Waals surface area contributed by atoms with Crippen LogP contribution in [0.1, 0.15) is 40.7 Å². The lowest BCUT2D eigenvalue weighted by atomic mass is 9.74. The third kappa shape index (κ3) is 8.77. The lowest BCUT2D eigenvalue weighted by molar-refractivity contribution is -0.384. The Hall–Kier alpha value is -6.75. The number of non-ortho nitro benzene ring substituents is 1. The Bertz CT molecular complexity index is 1980. The maximum absolute atomic E-state index is 15.1. The van der Waals surface area contributed by atoms with Gasteiger partial charge in [-0.1, -0.05) is 109 Å². The summed E-state index contributed by atoms with van der Waals surface area (Å²) in [4.78, 5) is 55.0. The minimum Gasteiger partial charge on any atom is -0.504 e. The van der Waals surface area contributed by atoms with Crippen LogP contribution >= 0.6 is 0 Å². The van der Waals surface area contributed by atoms with Gasteiger partial charge in [0.15, 0.2) is 11.5 Å². The molecule has 0 aliphatic heterocycles. The van der Waals surface area contributed by atoms with E-state index in [0.29, 0.717) is 34.2 Å². The number of benzene rings is 5. The van der Waals surface area contributed by atoms with Crippen molar-refractivity contribution in [2.75, 3.05) is 13.6 Å². The molecule has 11 nitrogen and oxygen atoms in total. The van der Waals surface area contributed by atoms with Crippen LogP contribution in [0.4, 0.5) is 5.69 Å². The molecule has 0 aliphatic carbocycles. The summed E-state index contributed by atoms with van der Waals surface area (Å²) in [6.07, 6.45) is 2.91. The van der Waals surface area contributed by atoms with Crippen molar-refractivity contribution in [3.63, 3.8) is 0 Å². The van der Waals surface area contributed by atoms with E-state index in [2.05, 4.69) is 10.6 Å². The molecule has 0 fully saturated rings. The highest BCUT2D eigenvalue weighted by Crippen LogP contribution is 2.44. The molecule has 11 heteroatoms. The number of carbonyl (C=O) groups is 3. The predicted molar refractivity (Wildman–Crippen MR) is 202 cm³/mol. The third-order valence-electron chi connectivity index (χ3n) is 8.96. The van der Waals surface area contributed by atoms with E-state index < -0.39 is 28.3 Å². The topological polar surface area (TPSA) is 162 Å². The fraction of sp³-hybridized carbons (Fsp3) is 0.167. The summed E-state index contributed by atoms with van der Waals surface area (Å²) in [5.41, 5.74) is 1.50. The van der Waals surface area contributed by atoms with Gasteiger partial charge >= 0.3 is 0 Å². The van der Waals surface area contributed by atoms with Gasteiger partial charge in [0.25, 0.3) is 5.69 Å². The van der Waals surface area contributed by atoms with Gasteiger partial charge in [-0.05, 0) is 58.9 Å². The number of hydrogen-bond acceptors (Lipinski definition) is 7. The Morgan fingerprint density at radius 1 is 0.792 bits per heavy atom. The van der Waals surface area contributed by atoms with E-state index >= 15 is 4.79 Å². The molecule has 5 aromatic carbocycles. The van der Waals surface area contributed by atoms with Crippen molar-refractivity contribution in [3.8, 4) is 11.5 Å². The monoisotopic (exact) mass is 712 g/mol. The summed E-state index contributed by atoms with van der Waals surface area (Å²) in [6, 6.07) is 37.0. The van der Waals surface area contributed by atoms with Crippen molar-refractivity contribution >= 4 is 29.5 Å². The molecule has 4 N–H and O–H groups in total. The smallest absolute Gasteiger partial charge is 0.270 e. The van der Waals surface area contributed by atoms with Crippen molar-refractivity contribution in [1.82, 2.24) is 15.5 Å². The first-order chi connectivity index (χ1) is 25.6. The SMILES string of the molecule is CNC(=O)CC[C@@H](C(=O)NCCc1ccc(O)c(O)c1)N(C(=O)C=Cc1cccc([N+](=O)[O-])c1)C(c1ccccc1)(c1ccccc1)c1ccccc1. The molecule has 270 valence electrons. The Kier molecular flexibility index (Phi) is 12.4. The average Bonchev–Trinajstić information content (AvgIpc) is 3.19. The molecule has 3 amide bonds. The van der Waals surface area contributed by atoms with Gasteiger partial charge in [-0.15, -0.1) is 0 Å². The molecule has 5 aromatic rings. The van der Waals surface area contributed by atoms with Crippen LogP contribution in [-0.4, -0.2) is 57.4 Å². The molecule has 0 unspecified atom stereocenters. The second kappa shape index (κ2) is 17.5. The highest BCUT2D eigenvalue weighted by Gasteiger charge is 2.49. The predicted octanol–water partition coefficient (Wildman–Crippen LogP) is 6.09. The molecule has 0 spiro atoms. The van der Waals surface area contributed by atoms with Gasteiger partial charge in [0.05, 0.1) is 4.92 Å². The summed E-state index contributed by atoms with van der Waals surface area (Å²) in [7, 11) is 1.50. The number of phenols is 2. The summed E-state index contributed by atoms with van der Waals surface area (Å²) >= 11 is 0. The summed E-state index contributed by atoms with van der Waals surface area (Å²) in [5.74, 6) is -2.00. The van der Waals surface area contributed by atoms with E-state index in [1.807, 2.05) is 91.0 Å². The molecule has 0 saturated heterocycles. The van der Waals surface area contributed by atoms with Gasteiger partial charge in [-0.2, -0.15) is 0 Å². The molecule has 53 heavy (non-hydrogen) atoms. The molecule has 0 aliphatic rings. The van der Waals surface area contributed by atoms with E-state index in [1.54, 1.807) is 12.1 Å². The number of rotatable bonds is 15. The zero-order chi connectivity index (χ0) is 37.8. The zero-order valence-electron chi connectivity index (χ0n) is 29.1. The number of nitrogens with zero attached hydrogens (tertiary/aromatic N) is 2. The van der Waals surface area contributed by atoms with Crippen LogP contribution in [0, 0.1) is 10.1 Å². The van der Waals surface area contributed by atoms with Crippen LogP contribution in [0.25, 0.3) is 6.08 Å². The van der Waals surface area contributed by atoms with E-state index in [4.69, 9.17) is 0 Å². The first-order valence-corrected chi connectivity index (χ1v) is 17.1. The normalized spacial score (nSPS) is 11.8. The number of phenolic OH excluding ortho intramolecular Hbond substituents is 2. The second-order valence-corrected chi connectivity index (χ2v) is 12.3. The fourth-order valence-electron chi connectivity index (χ4n) is 6.44. The first-order valence-electron chi connectivity index (χ1n) is 17.1. The lowest BCUT2D eigenvalue weighted by Gasteiger charge is -2.48. The summed E-state index contributed by atoms with van der Waals surface area (Å²) < 4.78 is 0. The molecule has 0 aromatic heterocycles. The van der Waals surface area contributed by atoms with Gasteiger partial charge in [0.1, 0.15) is 11.6 Å². The molecular formula is C42H40N4O7. The Labute approximate surface area is 307 Å². The molecular weight excluding hydrogens is 672 g/mol. The number of aromatic hydroxyl groups is 2. The Morgan fingerprint density at radius 3 is 1.91 bits per heavy atom. The molecule has 0 bridgehead atoms. The second-order valence-electron chi connectivity index (χ2n) is 12.3. The highest BCUT2D eigenvalue weighted by molar-refractivity contribution is 5.97. The molecule has 0 radical (unpaired) electrons. The van der Waals surface area contributed by atoms with Crippen LogP contribution < -0.4 is 10.6 Å². The highest BCUT2D eigenvalue weighted by atomic mass is 16.6. The van der Waals surface area contributed by atoms with Crippen LogP contribution in [0.2, 0.25) is 0 Å². The zero-order valence-corrected chi connectivity index (χ0v) is 29.1. The number of nitrogens with one attached hydrogen (secondary N) is 2. The summed E-state index contributed by atoms with van der Waals surface area (Å²) in [6.45, 7) is 0.111. The molecule has 5 rings (SSSR count). The van der Waals surface area contributed by atoms with E-state index in [9.17, 15) is 29.9 Å². The fourth-order valence-corrected chi connectivity index (χ4v) is 6.44. The van der Waals surface area contributed by atoms with Gasteiger partial charge in [0.2, 0.25) is 17.7 Å². The summed E-state index contributed by atoms with van der Waals surface area (Å²) in [5, 5.41) is 36.9. The van der Waals surface area contributed by atoms with Crippen molar-refractivity contribution in [1.29, 1.82) is 0 Å². The number of hydrogen-bond donors (Lipinski definition) is 4. The van der Waals surface area contributed by atoms with Crippen molar-refractivity contribution in [2.24, 2.45) is 0 Å². The maximum atomic E-state index is 15.1. The number of carbonyl (C=O) groups excluding carboxylic acids is 3. The van der Waals surface area contributed by atoms with Crippen LogP contribution in [0.3, 0.4) is 0 Å². The Morgan fingerprint density at radius 2 is 1.38 bits per heavy atom. The number of nitro groups is 1. The quantitative estimate of drug-likeness (QED) is 0.0336. The standard InChI is InChI=1S/C42H40N4O7/c1-43-39(49)24-22-36(41(51)44-27-26-31-20-23-37(47)38(48)29-31)45(40(50)25-21-30-12-11-19-35(28-30)46(52)53)42(32-13-5-2-6-14-32,33-15-7-3-8-16-33)34-17-9-4-10-18-34/h2-21,23,25,28-29,36,47-48H,22,24,26-27H2,1H3,(H,43,49)(H,44,51)/t36-/m0/s1. The van der Waals surface area contributed by atoms with Crippen LogP contribution in [0.5, 0.6) is 11.5 Å². The van der Waals surface area contributed by atoms with Gasteiger partial charge in [0, 0.05) is 38.2 Å². The molecule has 1 atom stereocenters. The lowest BCUT2D eigenvalue weighted by Crippen LogP contribution is -2.60. The van der Waals surface area contributed by atoms with Crippen molar-refractivity contribution in [2.45, 2.75) is 30.8 Å². The molecule has 0 heterocycles. The average molecular weight is 713 g/mol. The van der Waals surface area contributed by atoms with Crippen LogP contribution in [-0.2, 0) is 26.3 Å².